The second-order valence-electron chi connectivity index (χ2n) is 3.47. The van der Waals surface area contributed by atoms with Crippen LogP contribution in [-0.2, 0) is 0 Å². The van der Waals surface area contributed by atoms with Crippen LogP contribution in [0.25, 0.3) is 11.0 Å². The van der Waals surface area contributed by atoms with E-state index < -0.39 is 6.03 Å². The first-order valence-corrected chi connectivity index (χ1v) is 5.48. The van der Waals surface area contributed by atoms with E-state index in [0.717, 1.165) is 0 Å². The maximum atomic E-state index is 10.9. The molecular formula is C11H11N5OS. The first-order chi connectivity index (χ1) is 8.61. The van der Waals surface area contributed by atoms with E-state index in [0.29, 0.717) is 27.4 Å². The topological polar surface area (TPSA) is 95.8 Å². The Kier molecular flexibility index (Phi) is 3.24. The van der Waals surface area contributed by atoms with Gasteiger partial charge < -0.3 is 21.4 Å². The van der Waals surface area contributed by atoms with Gasteiger partial charge in [-0.05, 0) is 12.1 Å². The van der Waals surface area contributed by atoms with Crippen molar-refractivity contribution in [3.05, 3.63) is 31.1 Å². The lowest BCUT2D eigenvalue weighted by molar-refractivity contribution is 0.259. The molecule has 7 heteroatoms. The van der Waals surface area contributed by atoms with Crippen LogP contribution in [-0.4, -0.2) is 21.0 Å². The van der Waals surface area contributed by atoms with Crippen molar-refractivity contribution in [1.29, 1.82) is 0 Å². The molecule has 0 aliphatic rings. The summed E-state index contributed by atoms with van der Waals surface area (Å²) in [5.41, 5.74) is 7.00. The minimum absolute atomic E-state index is 0.477. The monoisotopic (exact) mass is 261 g/mol. The summed E-state index contributed by atoms with van der Waals surface area (Å²) >= 11 is 5.02. The second-order valence-corrected chi connectivity index (χ2v) is 3.91. The molecule has 2 heterocycles. The third kappa shape index (κ3) is 2.30. The van der Waals surface area contributed by atoms with Crippen LogP contribution in [0.3, 0.4) is 0 Å². The highest BCUT2D eigenvalue weighted by molar-refractivity contribution is 7.81. The average Bonchev–Trinajstić information content (AvgIpc) is 2.73. The molecule has 0 saturated carbocycles. The van der Waals surface area contributed by atoms with E-state index in [4.69, 9.17) is 18.0 Å². The molecule has 0 aliphatic carbocycles. The number of hydrogen-bond acceptors (Lipinski definition) is 3. The van der Waals surface area contributed by atoms with Crippen LogP contribution in [0.15, 0.2) is 31.1 Å². The number of nitrogens with two attached hydrogens (primary N) is 1. The highest BCUT2D eigenvalue weighted by Crippen LogP contribution is 2.29. The number of nitrogens with one attached hydrogen (secondary N) is 3. The standard InChI is InChI=1S/C11H11N5OS/c1-2-8(18)15-7-5-14-10-9(7)6(3-4-13-10)16-11(12)17/h2-5H,1H2,(H,15,18)(H4,12,13,14,16,17). The second kappa shape index (κ2) is 4.84. The summed E-state index contributed by atoms with van der Waals surface area (Å²) in [6, 6.07) is 1.02. The smallest absolute Gasteiger partial charge is 0.316 e. The quantitative estimate of drug-likeness (QED) is 0.502. The molecule has 0 aromatic carbocycles. The van der Waals surface area contributed by atoms with Gasteiger partial charge in [0.2, 0.25) is 0 Å². The Labute approximate surface area is 108 Å². The summed E-state index contributed by atoms with van der Waals surface area (Å²) in [7, 11) is 0. The SMILES string of the molecule is C=CC(=S)Nc1c[nH]c2nccc(NC(N)=O)c12. The van der Waals surface area contributed by atoms with Crippen molar-refractivity contribution in [2.45, 2.75) is 0 Å². The molecule has 2 aromatic rings. The minimum Gasteiger partial charge on any atom is -0.351 e. The van der Waals surface area contributed by atoms with Gasteiger partial charge in [-0.1, -0.05) is 18.8 Å². The van der Waals surface area contributed by atoms with Crippen LogP contribution in [0.2, 0.25) is 0 Å². The third-order valence-corrected chi connectivity index (χ3v) is 2.54. The third-order valence-electron chi connectivity index (χ3n) is 2.27. The molecule has 6 nitrogen and oxygen atoms in total. The number of urea groups is 1. The first kappa shape index (κ1) is 12.1. The molecule has 0 spiro atoms. The van der Waals surface area contributed by atoms with Crippen molar-refractivity contribution in [2.24, 2.45) is 5.73 Å². The number of fused-ring (bicyclic) bond motifs is 1. The van der Waals surface area contributed by atoms with Gasteiger partial charge in [-0.3, -0.25) is 0 Å². The Morgan fingerprint density at radius 3 is 2.94 bits per heavy atom. The number of anilines is 2. The first-order valence-electron chi connectivity index (χ1n) is 5.08. The van der Waals surface area contributed by atoms with Crippen LogP contribution in [0.4, 0.5) is 16.2 Å². The lowest BCUT2D eigenvalue weighted by atomic mass is 10.2. The number of aromatic amines is 1. The van der Waals surface area contributed by atoms with Gasteiger partial charge in [-0.2, -0.15) is 0 Å². The molecule has 92 valence electrons. The number of H-pyrrole nitrogens is 1. The maximum Gasteiger partial charge on any atom is 0.316 e. The molecule has 5 N–H and O–H groups in total. The zero-order valence-corrected chi connectivity index (χ0v) is 10.2. The zero-order valence-electron chi connectivity index (χ0n) is 9.36. The molecule has 0 atom stereocenters. The van der Waals surface area contributed by atoms with Gasteiger partial charge in [0, 0.05) is 12.4 Å². The van der Waals surface area contributed by atoms with E-state index in [1.54, 1.807) is 18.5 Å². The highest BCUT2D eigenvalue weighted by atomic mass is 32.1. The summed E-state index contributed by atoms with van der Waals surface area (Å²) < 4.78 is 0. The Morgan fingerprint density at radius 1 is 1.50 bits per heavy atom. The summed E-state index contributed by atoms with van der Waals surface area (Å²) in [5, 5.41) is 6.22. The van der Waals surface area contributed by atoms with E-state index in [9.17, 15) is 4.79 Å². The minimum atomic E-state index is -0.638. The van der Waals surface area contributed by atoms with Gasteiger partial charge >= 0.3 is 6.03 Å². The molecule has 0 saturated heterocycles. The fourth-order valence-corrected chi connectivity index (χ4v) is 1.69. The van der Waals surface area contributed by atoms with Crippen LogP contribution in [0.5, 0.6) is 0 Å². The molecule has 2 amide bonds. The van der Waals surface area contributed by atoms with Crippen LogP contribution in [0.1, 0.15) is 0 Å². The number of pyridine rings is 1. The fourth-order valence-electron chi connectivity index (χ4n) is 1.58. The van der Waals surface area contributed by atoms with E-state index >= 15 is 0 Å². The van der Waals surface area contributed by atoms with Crippen molar-refractivity contribution < 1.29 is 4.79 Å². The van der Waals surface area contributed by atoms with Gasteiger partial charge in [0.15, 0.2) is 0 Å². The molecule has 0 radical (unpaired) electrons. The summed E-state index contributed by atoms with van der Waals surface area (Å²) in [5.74, 6) is 0. The van der Waals surface area contributed by atoms with Crippen LogP contribution >= 0.6 is 12.2 Å². The number of rotatable bonds is 3. The van der Waals surface area contributed by atoms with Crippen molar-refractivity contribution in [2.75, 3.05) is 10.6 Å². The molecular weight excluding hydrogens is 250 g/mol. The van der Waals surface area contributed by atoms with Gasteiger partial charge in [-0.25, -0.2) is 9.78 Å². The number of nitrogens with zero attached hydrogens (tertiary/aromatic N) is 1. The highest BCUT2D eigenvalue weighted by Gasteiger charge is 2.11. The fraction of sp³-hybridized carbons (Fsp3) is 0. The van der Waals surface area contributed by atoms with E-state index in [1.165, 1.54) is 6.08 Å². The molecule has 0 unspecified atom stereocenters. The van der Waals surface area contributed by atoms with E-state index in [1.807, 2.05) is 0 Å². The van der Waals surface area contributed by atoms with Crippen molar-refractivity contribution >= 4 is 45.6 Å². The number of carbonyl (C=O) groups excluding carboxylic acids is 1. The molecule has 0 bridgehead atoms. The van der Waals surface area contributed by atoms with Crippen molar-refractivity contribution in [3.63, 3.8) is 0 Å². The van der Waals surface area contributed by atoms with E-state index in [-0.39, 0.29) is 0 Å². The van der Waals surface area contributed by atoms with Crippen LogP contribution < -0.4 is 16.4 Å². The Bertz CT molecular complexity index is 633. The van der Waals surface area contributed by atoms with E-state index in [2.05, 4.69) is 27.2 Å². The number of carbonyl (C=O) groups is 1. The Hall–Kier alpha value is -2.41. The lowest BCUT2D eigenvalue weighted by Gasteiger charge is -2.06. The molecule has 18 heavy (non-hydrogen) atoms. The number of hydrogen-bond donors (Lipinski definition) is 4. The zero-order chi connectivity index (χ0) is 13.1. The van der Waals surface area contributed by atoms with Crippen molar-refractivity contribution in [3.8, 4) is 0 Å². The summed E-state index contributed by atoms with van der Waals surface area (Å²) in [6.45, 7) is 3.57. The van der Waals surface area contributed by atoms with Gasteiger partial charge in [0.05, 0.1) is 16.8 Å². The summed E-state index contributed by atoms with van der Waals surface area (Å²) in [6.07, 6.45) is 4.80. The van der Waals surface area contributed by atoms with Crippen molar-refractivity contribution in [1.82, 2.24) is 9.97 Å². The van der Waals surface area contributed by atoms with Gasteiger partial charge in [0.1, 0.15) is 10.6 Å². The van der Waals surface area contributed by atoms with Crippen LogP contribution in [0, 0.1) is 0 Å². The maximum absolute atomic E-state index is 10.9. The normalized spacial score (nSPS) is 10.0. The largest absolute Gasteiger partial charge is 0.351 e. The predicted molar refractivity (Wildman–Crippen MR) is 75.7 cm³/mol. The van der Waals surface area contributed by atoms with Gasteiger partial charge in [0.25, 0.3) is 0 Å². The number of aromatic nitrogens is 2. The molecule has 2 rings (SSSR count). The Balaban J connectivity index is 2.51. The number of thiocarbonyl (C=S) groups is 1. The Morgan fingerprint density at radius 2 is 2.28 bits per heavy atom. The molecule has 2 aromatic heterocycles. The molecule has 0 fully saturated rings. The molecule has 0 aliphatic heterocycles. The average molecular weight is 261 g/mol. The number of primary amides is 1. The summed E-state index contributed by atoms with van der Waals surface area (Å²) in [4.78, 5) is 18.5. The lowest BCUT2D eigenvalue weighted by Crippen LogP contribution is -2.19. The number of amides is 2. The van der Waals surface area contributed by atoms with Gasteiger partial charge in [-0.15, -0.1) is 0 Å². The predicted octanol–water partition coefficient (Wildman–Crippen LogP) is 1.98.